The number of halogens is 1. The summed E-state index contributed by atoms with van der Waals surface area (Å²) in [5.74, 6) is -1.95. The van der Waals surface area contributed by atoms with Crippen LogP contribution in [-0.2, 0) is 15.3 Å². The molecule has 3 aliphatic rings. The average molecular weight is 447 g/mol. The van der Waals surface area contributed by atoms with E-state index in [1.54, 1.807) is 49.4 Å². The number of nitriles is 3. The molecule has 0 spiro atoms. The number of fused-ring (bicyclic) bond motifs is 3. The predicted octanol–water partition coefficient (Wildman–Crippen LogP) is 4.18. The molecule has 2 aromatic rings. The molecule has 9 heteroatoms. The maximum absolute atomic E-state index is 10.3. The molecule has 4 atom stereocenters. The summed E-state index contributed by atoms with van der Waals surface area (Å²) >= 11 is 6.05. The van der Waals surface area contributed by atoms with E-state index >= 15 is 0 Å². The van der Waals surface area contributed by atoms with Gasteiger partial charge in [0.05, 0.1) is 24.1 Å². The second-order valence-electron chi connectivity index (χ2n) is 7.89. The van der Waals surface area contributed by atoms with Gasteiger partial charge in [-0.15, -0.1) is 0 Å². The number of hydrogen-bond acceptors (Lipinski definition) is 8. The summed E-state index contributed by atoms with van der Waals surface area (Å²) in [6, 6.07) is 17.7. The molecule has 2 bridgehead atoms. The van der Waals surface area contributed by atoms with Gasteiger partial charge in [-0.3, -0.25) is 5.41 Å². The Labute approximate surface area is 188 Å². The third kappa shape index (κ3) is 2.19. The molecule has 0 aliphatic carbocycles. The maximum atomic E-state index is 10.3. The van der Waals surface area contributed by atoms with Crippen molar-refractivity contribution in [2.45, 2.75) is 18.8 Å². The van der Waals surface area contributed by atoms with Gasteiger partial charge in [-0.1, -0.05) is 36.7 Å². The highest BCUT2D eigenvalue weighted by atomic mass is 35.5. The van der Waals surface area contributed by atoms with Crippen LogP contribution >= 0.6 is 11.6 Å². The van der Waals surface area contributed by atoms with E-state index in [0.29, 0.717) is 27.6 Å². The van der Waals surface area contributed by atoms with Gasteiger partial charge in [0.2, 0.25) is 23.9 Å². The van der Waals surface area contributed by atoms with Crippen molar-refractivity contribution in [1.82, 2.24) is 0 Å². The van der Waals surface area contributed by atoms with Crippen LogP contribution in [0.3, 0.4) is 0 Å². The smallest absolute Gasteiger partial charge is 0.244 e. The summed E-state index contributed by atoms with van der Waals surface area (Å²) in [5, 5.41) is 40.0. The zero-order chi connectivity index (χ0) is 22.7. The fourth-order valence-electron chi connectivity index (χ4n) is 4.93. The first kappa shape index (κ1) is 20.2. The zero-order valence-corrected chi connectivity index (χ0v) is 17.5. The minimum atomic E-state index is -2.06. The number of rotatable bonds is 2. The van der Waals surface area contributed by atoms with Crippen molar-refractivity contribution >= 4 is 17.5 Å². The first-order valence-electron chi connectivity index (χ1n) is 9.73. The Bertz CT molecular complexity index is 1260. The van der Waals surface area contributed by atoms with Gasteiger partial charge in [-0.25, -0.2) is 0 Å². The van der Waals surface area contributed by atoms with Crippen LogP contribution in [0.2, 0.25) is 5.02 Å². The molecule has 4 unspecified atom stereocenters. The molecule has 8 nitrogen and oxygen atoms in total. The van der Waals surface area contributed by atoms with E-state index in [1.807, 2.05) is 12.1 Å². The molecular weight excluding hydrogens is 432 g/mol. The van der Waals surface area contributed by atoms with Crippen LogP contribution in [0.5, 0.6) is 11.5 Å². The fraction of sp³-hybridized carbons (Fsp3) is 0.304. The summed E-state index contributed by atoms with van der Waals surface area (Å²) in [4.78, 5) is 0. The van der Waals surface area contributed by atoms with Crippen LogP contribution in [0, 0.1) is 56.2 Å². The first-order valence-corrected chi connectivity index (χ1v) is 10.1. The molecule has 0 saturated carbocycles. The standard InChI is InChI=1S/C23H15ClN4O4/c1-13-22(11-27)20(28)32-23(13,15-3-5-16(24)6-4-15)31-19(21(22,9-25)10-26)14-2-7-17-18(8-14)30-12-29-17/h2-8,13,19,28H,12H2,1H3. The van der Waals surface area contributed by atoms with E-state index in [4.69, 9.17) is 36.0 Å². The number of nitrogens with one attached hydrogen (secondary N) is 1. The van der Waals surface area contributed by atoms with Crippen molar-refractivity contribution in [2.24, 2.45) is 16.7 Å². The molecule has 0 radical (unpaired) electrons. The maximum Gasteiger partial charge on any atom is 0.244 e. The highest BCUT2D eigenvalue weighted by Gasteiger charge is 2.79. The minimum Gasteiger partial charge on any atom is -0.454 e. The molecule has 2 saturated heterocycles. The summed E-state index contributed by atoms with van der Waals surface area (Å²) in [7, 11) is 0. The minimum absolute atomic E-state index is 0.0492. The number of ether oxygens (including phenoxy) is 4. The van der Waals surface area contributed by atoms with Gasteiger partial charge < -0.3 is 18.9 Å². The van der Waals surface area contributed by atoms with E-state index in [-0.39, 0.29) is 6.79 Å². The van der Waals surface area contributed by atoms with Crippen molar-refractivity contribution in [3.8, 4) is 29.7 Å². The molecule has 32 heavy (non-hydrogen) atoms. The molecule has 3 aliphatic heterocycles. The van der Waals surface area contributed by atoms with Gasteiger partial charge in [0, 0.05) is 10.6 Å². The van der Waals surface area contributed by atoms with Crippen LogP contribution in [0.15, 0.2) is 42.5 Å². The van der Waals surface area contributed by atoms with E-state index in [0.717, 1.165) is 0 Å². The zero-order valence-electron chi connectivity index (χ0n) is 16.8. The van der Waals surface area contributed by atoms with E-state index in [1.165, 1.54) is 0 Å². The molecule has 1 N–H and O–H groups in total. The molecule has 0 amide bonds. The second kappa shape index (κ2) is 6.61. The van der Waals surface area contributed by atoms with Gasteiger partial charge in [0.25, 0.3) is 0 Å². The van der Waals surface area contributed by atoms with Crippen LogP contribution in [0.25, 0.3) is 0 Å². The molecule has 2 aromatic carbocycles. The number of benzene rings is 2. The largest absolute Gasteiger partial charge is 0.454 e. The molecule has 158 valence electrons. The van der Waals surface area contributed by atoms with Gasteiger partial charge in [0.15, 0.2) is 16.9 Å². The molecule has 3 heterocycles. The van der Waals surface area contributed by atoms with E-state index < -0.39 is 34.5 Å². The lowest BCUT2D eigenvalue weighted by Crippen LogP contribution is -2.57. The van der Waals surface area contributed by atoms with E-state index in [2.05, 4.69) is 6.07 Å². The lowest BCUT2D eigenvalue weighted by molar-refractivity contribution is -0.288. The fourth-order valence-corrected chi connectivity index (χ4v) is 5.05. The Hall–Kier alpha value is -3.77. The van der Waals surface area contributed by atoms with Gasteiger partial charge >= 0.3 is 0 Å². The first-order chi connectivity index (χ1) is 15.4. The normalized spacial score (nSPS) is 31.2. The topological polar surface area (TPSA) is 132 Å². The second-order valence-corrected chi connectivity index (χ2v) is 8.33. The molecule has 2 fully saturated rings. The number of hydrogen-bond donors (Lipinski definition) is 1. The summed E-state index contributed by atoms with van der Waals surface area (Å²) in [6.45, 7) is 1.70. The Morgan fingerprint density at radius 2 is 1.69 bits per heavy atom. The van der Waals surface area contributed by atoms with Gasteiger partial charge in [0.1, 0.15) is 6.10 Å². The quantitative estimate of drug-likeness (QED) is 0.731. The summed E-state index contributed by atoms with van der Waals surface area (Å²) in [5.41, 5.74) is -2.99. The van der Waals surface area contributed by atoms with Crippen molar-refractivity contribution in [3.05, 3.63) is 58.6 Å². The third-order valence-corrected chi connectivity index (χ3v) is 6.87. The Balaban J connectivity index is 1.78. The van der Waals surface area contributed by atoms with Crippen LogP contribution in [0.4, 0.5) is 0 Å². The lowest BCUT2D eigenvalue weighted by atomic mass is 9.53. The monoisotopic (exact) mass is 446 g/mol. The predicted molar refractivity (Wildman–Crippen MR) is 109 cm³/mol. The molecule has 5 rings (SSSR count). The Morgan fingerprint density at radius 1 is 1.00 bits per heavy atom. The lowest BCUT2D eigenvalue weighted by Gasteiger charge is -2.48. The Morgan fingerprint density at radius 3 is 2.34 bits per heavy atom. The highest BCUT2D eigenvalue weighted by Crippen LogP contribution is 2.69. The van der Waals surface area contributed by atoms with Crippen molar-refractivity contribution < 1.29 is 18.9 Å². The van der Waals surface area contributed by atoms with E-state index in [9.17, 15) is 15.8 Å². The molecular formula is C23H15ClN4O4. The Kier molecular flexibility index (Phi) is 4.16. The average Bonchev–Trinajstić information content (AvgIpc) is 3.33. The SMILES string of the molecule is CC1C2(c3ccc(Cl)cc3)OC(=N)C1(C#N)C(C#N)(C#N)C(c1ccc3c(c1)OCO3)O2. The number of nitrogens with zero attached hydrogens (tertiary/aromatic N) is 3. The van der Waals surface area contributed by atoms with Crippen molar-refractivity contribution in [3.63, 3.8) is 0 Å². The highest BCUT2D eigenvalue weighted by molar-refractivity contribution is 6.30. The summed E-state index contributed by atoms with van der Waals surface area (Å²) in [6.07, 6.45) is -1.22. The third-order valence-electron chi connectivity index (χ3n) is 6.61. The van der Waals surface area contributed by atoms with Crippen LogP contribution < -0.4 is 9.47 Å². The summed E-state index contributed by atoms with van der Waals surface area (Å²) < 4.78 is 23.2. The molecule has 0 aromatic heterocycles. The van der Waals surface area contributed by atoms with Crippen molar-refractivity contribution in [2.75, 3.05) is 6.79 Å². The van der Waals surface area contributed by atoms with Crippen LogP contribution in [-0.4, -0.2) is 12.7 Å². The van der Waals surface area contributed by atoms with Crippen molar-refractivity contribution in [1.29, 1.82) is 21.2 Å². The van der Waals surface area contributed by atoms with Crippen LogP contribution in [0.1, 0.15) is 24.2 Å². The van der Waals surface area contributed by atoms with Gasteiger partial charge in [-0.05, 0) is 29.8 Å². The van der Waals surface area contributed by atoms with Gasteiger partial charge in [-0.2, -0.15) is 15.8 Å².